The van der Waals surface area contributed by atoms with Crippen LogP contribution < -0.4 is 0 Å². The van der Waals surface area contributed by atoms with Crippen molar-refractivity contribution in [2.75, 3.05) is 0 Å². The minimum atomic E-state index is -0.346. The van der Waals surface area contributed by atoms with Crippen molar-refractivity contribution in [3.8, 4) is 23.0 Å². The zero-order chi connectivity index (χ0) is 18.6. The molecule has 3 heterocycles. The molecule has 2 aromatic carbocycles. The molecule has 9 heteroatoms. The quantitative estimate of drug-likeness (QED) is 0.275. The van der Waals surface area contributed by atoms with E-state index in [-0.39, 0.29) is 20.6 Å². The summed E-state index contributed by atoms with van der Waals surface area (Å²) in [6, 6.07) is 22.7. The van der Waals surface area contributed by atoms with Gasteiger partial charge in [-0.05, 0) is 30.0 Å². The normalized spacial score (nSPS) is 10.5. The zero-order valence-corrected chi connectivity index (χ0v) is 17.5. The number of aromatic nitrogens is 5. The number of rotatable bonds is 2. The summed E-state index contributed by atoms with van der Waals surface area (Å²) in [6.07, 6.45) is 0. The van der Waals surface area contributed by atoms with Gasteiger partial charge in [-0.2, -0.15) is 12.1 Å². The fourth-order valence-corrected chi connectivity index (χ4v) is 2.78. The summed E-state index contributed by atoms with van der Waals surface area (Å²) in [7, 11) is 9.71. The Morgan fingerprint density at radius 2 is 1.29 bits per heavy atom. The Labute approximate surface area is 176 Å². The van der Waals surface area contributed by atoms with E-state index in [1.807, 2.05) is 60.7 Å². The number of nitrogens with zero attached hydrogens (tertiary/aromatic N) is 3. The molecule has 144 valence electrons. The van der Waals surface area contributed by atoms with Crippen molar-refractivity contribution in [2.45, 2.75) is 0 Å². The Morgan fingerprint density at radius 3 is 1.89 bits per heavy atom. The maximum absolute atomic E-state index is 4.85. The third kappa shape index (κ3) is 4.23. The zero-order valence-electron chi connectivity index (χ0n) is 14.2. The monoisotopic (exact) mass is 500 g/mol. The number of hydrogen-bond donors (Lipinski definition) is 2. The fraction of sp³-hybridized carbons (Fsp3) is 0. The smallest absolute Gasteiger partial charge is 0.144 e. The van der Waals surface area contributed by atoms with Crippen molar-refractivity contribution in [3.63, 3.8) is 0 Å². The summed E-state index contributed by atoms with van der Waals surface area (Å²) in [5.74, 6) is 1.44. The Morgan fingerprint density at radius 1 is 0.750 bits per heavy atom. The second-order valence-electron chi connectivity index (χ2n) is 5.58. The molecule has 0 atom stereocenters. The Hall–Kier alpha value is -2.31. The third-order valence-electron chi connectivity index (χ3n) is 3.94. The number of aromatic amines is 2. The van der Waals surface area contributed by atoms with Crippen molar-refractivity contribution in [3.05, 3.63) is 66.7 Å². The average Bonchev–Trinajstić information content (AvgIpc) is 3.33. The van der Waals surface area contributed by atoms with E-state index in [4.69, 9.17) is 19.4 Å². The van der Waals surface area contributed by atoms with E-state index in [1.165, 1.54) is 0 Å². The summed E-state index contributed by atoms with van der Waals surface area (Å²) >= 11 is -0.346. The molecule has 0 spiro atoms. The van der Waals surface area contributed by atoms with Crippen molar-refractivity contribution < 1.29 is 20.6 Å². The predicted octanol–water partition coefficient (Wildman–Crippen LogP) is 4.52. The van der Waals surface area contributed by atoms with Gasteiger partial charge in [0.2, 0.25) is 0 Å². The Kier molecular flexibility index (Phi) is 6.76. The first-order valence-electron chi connectivity index (χ1n) is 7.92. The molecule has 0 fully saturated rings. The number of nitrogens with one attached hydrogen (secondary N) is 2. The van der Waals surface area contributed by atoms with Gasteiger partial charge in [0, 0.05) is 0 Å². The predicted molar refractivity (Wildman–Crippen MR) is 109 cm³/mol. The van der Waals surface area contributed by atoms with Gasteiger partial charge in [-0.25, -0.2) is 4.98 Å². The van der Waals surface area contributed by atoms with Crippen LogP contribution in [0.3, 0.4) is 0 Å². The molecule has 5 aromatic rings. The summed E-state index contributed by atoms with van der Waals surface area (Å²) in [6.45, 7) is 0. The van der Waals surface area contributed by atoms with Crippen LogP contribution in [0.1, 0.15) is 0 Å². The molecule has 4 N–H and O–H groups in total. The standard InChI is InChI=1S/C19H12N5.2ClH.H2O.Ru/c1-2-7-13-12(6-1)21-18(22-13)16-10-5-11-17(20-16)19-23-14-8-3-4-9-15(14)24-19;;;;/h1-10H,(H,21,22)(H,23,24);2*1H;1H2;/q-1;;;;+2/p-2. The molecule has 0 unspecified atom stereocenters. The molecule has 0 amide bonds. The molecule has 0 bridgehead atoms. The number of halogens is 2. The van der Waals surface area contributed by atoms with Crippen LogP contribution in [0.2, 0.25) is 0 Å². The van der Waals surface area contributed by atoms with Gasteiger partial charge >= 0.3 is 34.5 Å². The first-order chi connectivity index (χ1) is 13.3. The molecule has 5 rings (SSSR count). The van der Waals surface area contributed by atoms with Crippen LogP contribution in [0.15, 0.2) is 60.7 Å². The van der Waals surface area contributed by atoms with Crippen LogP contribution in [0.4, 0.5) is 0 Å². The van der Waals surface area contributed by atoms with E-state index in [1.54, 1.807) is 0 Å². The number of fused-ring (bicyclic) bond motifs is 2. The maximum atomic E-state index is 4.85. The number of benzene rings is 2. The number of imidazole rings is 2. The molecule has 0 radical (unpaired) electrons. The second kappa shape index (κ2) is 9.26. The number of pyridine rings is 1. The minimum Gasteiger partial charge on any atom is -0.389 e. The molecule has 6 nitrogen and oxygen atoms in total. The molecule has 28 heavy (non-hydrogen) atoms. The summed E-state index contributed by atoms with van der Waals surface area (Å²) in [4.78, 5) is 20.4. The van der Waals surface area contributed by atoms with Crippen LogP contribution in [-0.4, -0.2) is 30.4 Å². The van der Waals surface area contributed by atoms with E-state index in [0.29, 0.717) is 11.5 Å². The van der Waals surface area contributed by atoms with Gasteiger partial charge in [0.15, 0.2) is 0 Å². The van der Waals surface area contributed by atoms with E-state index in [0.717, 1.165) is 33.6 Å². The molecule has 0 aliphatic heterocycles. The largest absolute Gasteiger partial charge is 0.389 e. The molecule has 0 aliphatic carbocycles. The van der Waals surface area contributed by atoms with Crippen molar-refractivity contribution in [1.29, 1.82) is 0 Å². The van der Waals surface area contributed by atoms with Crippen LogP contribution in [0.25, 0.3) is 45.1 Å². The molecule has 3 aromatic heterocycles. The molecule has 0 aliphatic rings. The van der Waals surface area contributed by atoms with Crippen molar-refractivity contribution in [1.82, 2.24) is 24.9 Å². The first-order valence-corrected chi connectivity index (χ1v) is 12.4. The van der Waals surface area contributed by atoms with Crippen LogP contribution in [-0.2, 0) is 15.1 Å². The van der Waals surface area contributed by atoms with Gasteiger partial charge in [0.05, 0.1) is 33.6 Å². The van der Waals surface area contributed by atoms with Crippen LogP contribution in [0, 0.1) is 6.07 Å². The molecule has 0 saturated heterocycles. The second-order valence-corrected chi connectivity index (χ2v) is 8.22. The van der Waals surface area contributed by atoms with E-state index in [2.05, 4.69) is 31.0 Å². The summed E-state index contributed by atoms with van der Waals surface area (Å²) in [5, 5.41) is 0. The molecular weight excluding hydrogens is 486 g/mol. The van der Waals surface area contributed by atoms with Crippen LogP contribution in [0.5, 0.6) is 0 Å². The van der Waals surface area contributed by atoms with Crippen molar-refractivity contribution in [2.24, 2.45) is 0 Å². The summed E-state index contributed by atoms with van der Waals surface area (Å²) < 4.78 is 0. The number of hydrogen-bond acceptors (Lipinski definition) is 3. The van der Waals surface area contributed by atoms with Crippen molar-refractivity contribution >= 4 is 41.4 Å². The van der Waals surface area contributed by atoms with Crippen LogP contribution >= 0.6 is 19.4 Å². The Balaban J connectivity index is 0.000000531. The topological polar surface area (TPSA) is 102 Å². The van der Waals surface area contributed by atoms with Gasteiger partial charge in [-0.3, -0.25) is 9.97 Å². The fourth-order valence-electron chi connectivity index (χ4n) is 2.78. The average molecular weight is 500 g/mol. The molecular formula is C19H14Cl2N5ORu-. The van der Waals surface area contributed by atoms with Gasteiger partial charge in [0.25, 0.3) is 0 Å². The minimum absolute atomic E-state index is 0. The van der Waals surface area contributed by atoms with Gasteiger partial charge in [-0.1, -0.05) is 24.3 Å². The van der Waals surface area contributed by atoms with E-state index < -0.39 is 0 Å². The maximum Gasteiger partial charge on any atom is 0.144 e. The van der Waals surface area contributed by atoms with Gasteiger partial charge in [0.1, 0.15) is 5.82 Å². The third-order valence-corrected chi connectivity index (χ3v) is 3.94. The summed E-state index contributed by atoms with van der Waals surface area (Å²) in [5.41, 5.74) is 5.25. The van der Waals surface area contributed by atoms with Gasteiger partial charge < -0.3 is 15.4 Å². The van der Waals surface area contributed by atoms with E-state index in [9.17, 15) is 0 Å². The first kappa shape index (κ1) is 20.4. The number of para-hydroxylation sites is 4. The van der Waals surface area contributed by atoms with Gasteiger partial charge in [-0.15, -0.1) is 6.07 Å². The SMILES string of the molecule is O.[Cl][Ru][Cl].[c-]1ccc(-c2nc3ccccc3[nH]2)nc1-c1nc2ccccc2[nH]1. The number of H-pyrrole nitrogens is 2. The Bertz CT molecular complexity index is 1050. The molecule has 0 saturated carbocycles. The van der Waals surface area contributed by atoms with E-state index >= 15 is 0 Å².